The van der Waals surface area contributed by atoms with Gasteiger partial charge in [-0.1, -0.05) is 30.3 Å². The number of amides is 2. The second-order valence-corrected chi connectivity index (χ2v) is 10.7. The van der Waals surface area contributed by atoms with Crippen molar-refractivity contribution in [2.75, 3.05) is 38.1 Å². The van der Waals surface area contributed by atoms with E-state index in [1.807, 2.05) is 56.0 Å². The second-order valence-electron chi connectivity index (χ2n) is 10.7. The number of aromatic nitrogens is 1. The first kappa shape index (κ1) is 30.2. The van der Waals surface area contributed by atoms with Gasteiger partial charge < -0.3 is 25.2 Å². The van der Waals surface area contributed by atoms with Crippen molar-refractivity contribution in [3.63, 3.8) is 0 Å². The molecule has 3 N–H and O–H groups in total. The van der Waals surface area contributed by atoms with E-state index in [1.54, 1.807) is 0 Å². The van der Waals surface area contributed by atoms with Crippen LogP contribution in [0.3, 0.4) is 0 Å². The van der Waals surface area contributed by atoms with Crippen molar-refractivity contribution < 1.29 is 34.1 Å². The quantitative estimate of drug-likeness (QED) is 0.362. The van der Waals surface area contributed by atoms with E-state index >= 15 is 0 Å². The summed E-state index contributed by atoms with van der Waals surface area (Å²) < 4.78 is 5.96. The molecule has 42 heavy (non-hydrogen) atoms. The molecule has 0 unspecified atom stereocenters. The number of nitrogens with zero attached hydrogens (tertiary/aromatic N) is 3. The van der Waals surface area contributed by atoms with Crippen LogP contribution in [-0.2, 0) is 31.1 Å². The molecule has 1 saturated heterocycles. The molecule has 220 valence electrons. The van der Waals surface area contributed by atoms with Crippen molar-refractivity contribution in [2.24, 2.45) is 0 Å². The molecule has 5 rings (SSSR count). The number of carboxylic acid groups (broad SMARTS) is 2. The molecule has 0 aliphatic carbocycles. The third-order valence-corrected chi connectivity index (χ3v) is 7.29. The van der Waals surface area contributed by atoms with E-state index in [-0.39, 0.29) is 18.4 Å². The van der Waals surface area contributed by atoms with Crippen LogP contribution in [0.2, 0.25) is 0 Å². The number of hydrogen-bond donors (Lipinski definition) is 3. The molecule has 3 heterocycles. The maximum Gasteiger partial charge on any atom is 0.328 e. The number of aryl methyl sites for hydroxylation is 1. The molecule has 2 amide bonds. The normalized spacial score (nSPS) is 16.0. The van der Waals surface area contributed by atoms with Crippen LogP contribution < -0.4 is 10.1 Å². The van der Waals surface area contributed by atoms with Crippen molar-refractivity contribution in [3.05, 3.63) is 77.5 Å². The minimum Gasteiger partial charge on any atom is -0.483 e. The number of para-hydroxylation sites is 1. The van der Waals surface area contributed by atoms with Gasteiger partial charge >= 0.3 is 11.9 Å². The van der Waals surface area contributed by atoms with Gasteiger partial charge in [0, 0.05) is 55.8 Å². The van der Waals surface area contributed by atoms with Gasteiger partial charge in [0.25, 0.3) is 5.91 Å². The number of aliphatic carboxylic acids is 2. The largest absolute Gasteiger partial charge is 0.483 e. The van der Waals surface area contributed by atoms with Crippen molar-refractivity contribution in [2.45, 2.75) is 32.7 Å². The number of benzene rings is 2. The van der Waals surface area contributed by atoms with E-state index in [9.17, 15) is 19.2 Å². The van der Waals surface area contributed by atoms with Gasteiger partial charge in [0.05, 0.1) is 22.3 Å². The molecule has 3 aromatic rings. The van der Waals surface area contributed by atoms with Crippen LogP contribution in [0.4, 0.5) is 5.69 Å². The molecule has 1 aromatic heterocycles. The molecule has 11 heteroatoms. The van der Waals surface area contributed by atoms with Crippen LogP contribution in [0.5, 0.6) is 5.75 Å². The summed E-state index contributed by atoms with van der Waals surface area (Å²) in [5, 5.41) is 19.7. The predicted molar refractivity (Wildman–Crippen MR) is 156 cm³/mol. The number of pyridine rings is 1. The summed E-state index contributed by atoms with van der Waals surface area (Å²) in [5.41, 5.74) is 3.98. The first-order chi connectivity index (χ1) is 20.0. The summed E-state index contributed by atoms with van der Waals surface area (Å²) in [4.78, 5) is 53.3. The zero-order valence-electron chi connectivity index (χ0n) is 23.8. The lowest BCUT2D eigenvalue weighted by atomic mass is 9.85. The number of ether oxygens (including phenoxy) is 1. The van der Waals surface area contributed by atoms with E-state index in [0.29, 0.717) is 31.0 Å². The van der Waals surface area contributed by atoms with Crippen LogP contribution >= 0.6 is 0 Å². The molecule has 11 nitrogen and oxygen atoms in total. The number of nitrogens with one attached hydrogen (secondary N) is 1. The van der Waals surface area contributed by atoms with E-state index in [2.05, 4.69) is 28.4 Å². The monoisotopic (exact) mass is 574 g/mol. The first-order valence-corrected chi connectivity index (χ1v) is 13.5. The van der Waals surface area contributed by atoms with E-state index < -0.39 is 17.4 Å². The summed E-state index contributed by atoms with van der Waals surface area (Å²) in [5.74, 6) is -2.00. The lowest BCUT2D eigenvalue weighted by Gasteiger charge is -2.34. The molecule has 0 radical (unpaired) electrons. The molecule has 0 spiro atoms. The Hall–Kier alpha value is -4.77. The summed E-state index contributed by atoms with van der Waals surface area (Å²) >= 11 is 0. The Labute approximate surface area is 243 Å². The SMILES string of the molecule is Cc1ccc(OCC(=O)N2CCN(Cc3ccc4ccccc4n3)CC2)c2c1NC(=O)C2(C)C.O=C(O)/C=C\C(=O)O. The lowest BCUT2D eigenvalue weighted by Crippen LogP contribution is -2.49. The highest BCUT2D eigenvalue weighted by molar-refractivity contribution is 6.07. The number of anilines is 1. The second kappa shape index (κ2) is 12.8. The molecule has 0 saturated carbocycles. The average molecular weight is 575 g/mol. The van der Waals surface area contributed by atoms with Crippen LogP contribution in [0.25, 0.3) is 10.9 Å². The number of carbonyl (C=O) groups is 4. The smallest absolute Gasteiger partial charge is 0.328 e. The average Bonchev–Trinajstić information content (AvgIpc) is 3.21. The number of fused-ring (bicyclic) bond motifs is 2. The molecule has 2 aliphatic rings. The third kappa shape index (κ3) is 7.10. The number of piperazine rings is 1. The highest BCUT2D eigenvalue weighted by atomic mass is 16.5. The molecule has 2 aromatic carbocycles. The van der Waals surface area contributed by atoms with Gasteiger partial charge in [-0.15, -0.1) is 0 Å². The van der Waals surface area contributed by atoms with Gasteiger partial charge in [-0.05, 0) is 44.5 Å². The predicted octanol–water partition coefficient (Wildman–Crippen LogP) is 3.21. The van der Waals surface area contributed by atoms with E-state index in [0.717, 1.165) is 53.0 Å². The van der Waals surface area contributed by atoms with Gasteiger partial charge in [0.1, 0.15) is 5.75 Å². The summed E-state index contributed by atoms with van der Waals surface area (Å²) in [6.45, 7) is 9.37. The molecular formula is C31H34N4O7. The number of rotatable bonds is 7. The standard InChI is InChI=1S/C27H30N4O3.C4H4O4/c1-18-8-11-22(24-25(18)29-26(33)27(24,2)3)34-17-23(32)31-14-12-30(13-15-31)16-20-10-9-19-6-4-5-7-21(19)28-20;5-3(6)1-2-4(7)8/h4-11H,12-17H2,1-3H3,(H,29,33);1-2H,(H,5,6)(H,7,8)/b;2-1-. The summed E-state index contributed by atoms with van der Waals surface area (Å²) in [6.07, 6.45) is 1.12. The van der Waals surface area contributed by atoms with Crippen molar-refractivity contribution in [1.29, 1.82) is 0 Å². The van der Waals surface area contributed by atoms with E-state index in [1.165, 1.54) is 0 Å². The topological polar surface area (TPSA) is 149 Å². The fraction of sp³-hybridized carbons (Fsp3) is 0.323. The van der Waals surface area contributed by atoms with Crippen LogP contribution in [0.1, 0.15) is 30.7 Å². The third-order valence-electron chi connectivity index (χ3n) is 7.29. The molecule has 0 bridgehead atoms. The van der Waals surface area contributed by atoms with Crippen molar-refractivity contribution in [1.82, 2.24) is 14.8 Å². The minimum absolute atomic E-state index is 0.0344. The molecule has 1 fully saturated rings. The molecular weight excluding hydrogens is 540 g/mol. The molecule has 2 aliphatic heterocycles. The van der Waals surface area contributed by atoms with Crippen molar-refractivity contribution >= 4 is 40.3 Å². The Morgan fingerprint density at radius 1 is 0.976 bits per heavy atom. The Morgan fingerprint density at radius 2 is 1.64 bits per heavy atom. The zero-order valence-corrected chi connectivity index (χ0v) is 23.8. The van der Waals surface area contributed by atoms with Crippen LogP contribution in [0, 0.1) is 6.92 Å². The number of hydrogen-bond acceptors (Lipinski definition) is 7. The zero-order chi connectivity index (χ0) is 30.4. The minimum atomic E-state index is -1.26. The van der Waals surface area contributed by atoms with Gasteiger partial charge in [-0.2, -0.15) is 0 Å². The Morgan fingerprint density at radius 3 is 2.31 bits per heavy atom. The van der Waals surface area contributed by atoms with Gasteiger partial charge in [-0.25, -0.2) is 9.59 Å². The maximum absolute atomic E-state index is 12.9. The van der Waals surface area contributed by atoms with Gasteiger partial charge in [0.15, 0.2) is 6.61 Å². The highest BCUT2D eigenvalue weighted by Crippen LogP contribution is 2.44. The van der Waals surface area contributed by atoms with Gasteiger partial charge in [0.2, 0.25) is 5.91 Å². The summed E-state index contributed by atoms with van der Waals surface area (Å²) in [6, 6.07) is 16.1. The first-order valence-electron chi connectivity index (χ1n) is 13.5. The van der Waals surface area contributed by atoms with E-state index in [4.69, 9.17) is 19.9 Å². The van der Waals surface area contributed by atoms with Crippen LogP contribution in [-0.4, -0.2) is 81.5 Å². The number of carbonyl (C=O) groups excluding carboxylic acids is 2. The Balaban J connectivity index is 0.000000446. The lowest BCUT2D eigenvalue weighted by molar-refractivity contribution is -0.135. The Bertz CT molecular complexity index is 1530. The van der Waals surface area contributed by atoms with Crippen molar-refractivity contribution in [3.8, 4) is 5.75 Å². The highest BCUT2D eigenvalue weighted by Gasteiger charge is 2.42. The maximum atomic E-state index is 12.9. The number of carboxylic acids is 2. The van der Waals surface area contributed by atoms with Gasteiger partial charge in [-0.3, -0.25) is 19.5 Å². The fourth-order valence-corrected chi connectivity index (χ4v) is 4.93. The van der Waals surface area contributed by atoms with Crippen LogP contribution in [0.15, 0.2) is 60.7 Å². The Kier molecular flexibility index (Phi) is 9.21. The summed E-state index contributed by atoms with van der Waals surface area (Å²) in [7, 11) is 0. The fourth-order valence-electron chi connectivity index (χ4n) is 4.93. The molecule has 0 atom stereocenters.